The molecule has 2 saturated carbocycles. The van der Waals surface area contributed by atoms with Crippen LogP contribution in [0.1, 0.15) is 72.6 Å². The van der Waals surface area contributed by atoms with Crippen molar-refractivity contribution in [1.29, 1.82) is 0 Å². The predicted molar refractivity (Wildman–Crippen MR) is 91.1 cm³/mol. The van der Waals surface area contributed by atoms with E-state index >= 15 is 0 Å². The summed E-state index contributed by atoms with van der Waals surface area (Å²) in [7, 11) is 0. The van der Waals surface area contributed by atoms with Gasteiger partial charge in [-0.2, -0.15) is 0 Å². The second-order valence-corrected chi connectivity index (χ2v) is 8.75. The Morgan fingerprint density at radius 2 is 2.00 bits per heavy atom. The molecule has 0 aromatic heterocycles. The van der Waals surface area contributed by atoms with Crippen molar-refractivity contribution in [3.8, 4) is 0 Å². The average molecular weight is 290 g/mol. The topological polar surface area (TPSA) is 20.2 Å². The smallest absolute Gasteiger partial charge is 0.0797 e. The van der Waals surface area contributed by atoms with Crippen LogP contribution in [0.4, 0.5) is 0 Å². The summed E-state index contributed by atoms with van der Waals surface area (Å²) in [5, 5.41) is 10.3. The van der Waals surface area contributed by atoms with Gasteiger partial charge in [-0.15, -0.1) is 6.58 Å². The molecule has 1 unspecified atom stereocenters. The lowest BCUT2D eigenvalue weighted by molar-refractivity contribution is -0.0583. The zero-order chi connectivity index (χ0) is 15.9. The van der Waals surface area contributed by atoms with E-state index in [-0.39, 0.29) is 0 Å². The Bertz CT molecular complexity index is 418. The molecule has 2 aliphatic carbocycles. The maximum Gasteiger partial charge on any atom is 0.0797 e. The van der Waals surface area contributed by atoms with E-state index in [2.05, 4.69) is 33.9 Å². The van der Waals surface area contributed by atoms with Crippen molar-refractivity contribution in [2.45, 2.75) is 78.2 Å². The van der Waals surface area contributed by atoms with E-state index in [1.54, 1.807) is 6.08 Å². The number of rotatable bonds is 4. The number of fused-ring (bicyclic) bond motifs is 1. The fraction of sp³-hybridized carbons (Fsp3) is 0.800. The van der Waals surface area contributed by atoms with Crippen molar-refractivity contribution in [1.82, 2.24) is 0 Å². The van der Waals surface area contributed by atoms with Crippen LogP contribution >= 0.6 is 0 Å². The molecule has 0 saturated heterocycles. The lowest BCUT2D eigenvalue weighted by Crippen LogP contribution is -2.49. The summed E-state index contributed by atoms with van der Waals surface area (Å²) in [4.78, 5) is 0. The van der Waals surface area contributed by atoms with Crippen molar-refractivity contribution in [3.05, 3.63) is 24.8 Å². The highest BCUT2D eigenvalue weighted by Crippen LogP contribution is 2.61. The van der Waals surface area contributed by atoms with Crippen LogP contribution in [0.2, 0.25) is 0 Å². The van der Waals surface area contributed by atoms with Crippen molar-refractivity contribution >= 4 is 0 Å². The first kappa shape index (κ1) is 16.8. The Labute approximate surface area is 131 Å². The monoisotopic (exact) mass is 290 g/mol. The van der Waals surface area contributed by atoms with Gasteiger partial charge in [0.05, 0.1) is 5.60 Å². The molecule has 0 radical (unpaired) electrons. The molecule has 2 aliphatic rings. The van der Waals surface area contributed by atoms with Crippen LogP contribution in [0, 0.1) is 22.7 Å². The summed E-state index contributed by atoms with van der Waals surface area (Å²) in [6.45, 7) is 17.4. The molecule has 1 heteroatoms. The summed E-state index contributed by atoms with van der Waals surface area (Å²) < 4.78 is 0. The quantitative estimate of drug-likeness (QED) is 0.678. The van der Waals surface area contributed by atoms with Gasteiger partial charge in [0.2, 0.25) is 0 Å². The van der Waals surface area contributed by atoms with E-state index in [0.29, 0.717) is 16.7 Å². The highest BCUT2D eigenvalue weighted by molar-refractivity contribution is 5.16. The molecule has 0 spiro atoms. The van der Waals surface area contributed by atoms with Gasteiger partial charge in [-0.1, -0.05) is 45.4 Å². The second kappa shape index (κ2) is 5.57. The van der Waals surface area contributed by atoms with Gasteiger partial charge in [-0.25, -0.2) is 0 Å². The molecule has 2 rings (SSSR count). The highest BCUT2D eigenvalue weighted by Gasteiger charge is 2.52. The van der Waals surface area contributed by atoms with E-state index in [1.807, 2.05) is 6.92 Å². The van der Waals surface area contributed by atoms with Gasteiger partial charge in [0.1, 0.15) is 0 Å². The molecule has 0 bridgehead atoms. The molecule has 1 N–H and O–H groups in total. The van der Waals surface area contributed by atoms with Crippen molar-refractivity contribution < 1.29 is 5.11 Å². The van der Waals surface area contributed by atoms with E-state index < -0.39 is 5.60 Å². The minimum Gasteiger partial charge on any atom is -0.386 e. The first-order valence-corrected chi connectivity index (χ1v) is 8.66. The Morgan fingerprint density at radius 3 is 2.62 bits per heavy atom. The number of aliphatic hydroxyl groups is 1. The summed E-state index contributed by atoms with van der Waals surface area (Å²) in [6, 6.07) is 0. The third kappa shape index (κ3) is 3.13. The van der Waals surface area contributed by atoms with Gasteiger partial charge in [-0.3, -0.25) is 0 Å². The van der Waals surface area contributed by atoms with Gasteiger partial charge in [0.25, 0.3) is 0 Å². The first-order valence-electron chi connectivity index (χ1n) is 8.66. The van der Waals surface area contributed by atoms with E-state index in [9.17, 15) is 5.11 Å². The molecular formula is C20H34O. The first-order chi connectivity index (χ1) is 9.62. The SMILES string of the molecule is C=C[C@](C)(O)CC[C@H]1C(=C)CC[C@H]2C(C)(C)CCCC12C. The van der Waals surface area contributed by atoms with Gasteiger partial charge >= 0.3 is 0 Å². The third-order valence-corrected chi connectivity index (χ3v) is 6.70. The van der Waals surface area contributed by atoms with Crippen molar-refractivity contribution in [2.24, 2.45) is 22.7 Å². The standard InChI is InChI=1S/C20H34O/c1-7-19(5,21)14-11-16-15(2)9-10-17-18(3,4)12-8-13-20(16,17)6/h7,16-17,21H,1-2,8-14H2,3-6H3/t16-,17-,19-,20?/m0/s1. The Hall–Kier alpha value is -0.560. The largest absolute Gasteiger partial charge is 0.386 e. The molecule has 0 aliphatic heterocycles. The molecular weight excluding hydrogens is 256 g/mol. The maximum atomic E-state index is 10.3. The third-order valence-electron chi connectivity index (χ3n) is 6.70. The molecule has 2 fully saturated rings. The Morgan fingerprint density at radius 1 is 1.33 bits per heavy atom. The van der Waals surface area contributed by atoms with Crippen molar-refractivity contribution in [2.75, 3.05) is 0 Å². The molecule has 0 aromatic carbocycles. The van der Waals surface area contributed by atoms with Crippen LogP contribution in [0.25, 0.3) is 0 Å². The predicted octanol–water partition coefficient (Wildman–Crippen LogP) is 5.50. The lowest BCUT2D eigenvalue weighted by Gasteiger charge is -2.58. The Balaban J connectivity index is 2.21. The molecule has 21 heavy (non-hydrogen) atoms. The lowest BCUT2D eigenvalue weighted by atomic mass is 9.47. The van der Waals surface area contributed by atoms with Gasteiger partial charge in [0.15, 0.2) is 0 Å². The van der Waals surface area contributed by atoms with Crippen LogP contribution in [-0.4, -0.2) is 10.7 Å². The normalized spacial score (nSPS) is 38.4. The summed E-state index contributed by atoms with van der Waals surface area (Å²) in [6.07, 6.45) is 10.0. The van der Waals surface area contributed by atoms with Crippen LogP contribution in [-0.2, 0) is 0 Å². The number of hydrogen-bond donors (Lipinski definition) is 1. The summed E-state index contributed by atoms with van der Waals surface area (Å²) in [5.74, 6) is 1.35. The van der Waals surface area contributed by atoms with E-state index in [1.165, 1.54) is 37.7 Å². The average Bonchev–Trinajstić information content (AvgIpc) is 2.36. The van der Waals surface area contributed by atoms with E-state index in [0.717, 1.165) is 18.8 Å². The minimum absolute atomic E-state index is 0.369. The zero-order valence-corrected chi connectivity index (χ0v) is 14.5. The van der Waals surface area contributed by atoms with Crippen LogP contribution in [0.5, 0.6) is 0 Å². The van der Waals surface area contributed by atoms with Crippen molar-refractivity contribution in [3.63, 3.8) is 0 Å². The highest BCUT2D eigenvalue weighted by atomic mass is 16.3. The minimum atomic E-state index is -0.742. The van der Waals surface area contributed by atoms with Gasteiger partial charge < -0.3 is 5.11 Å². The fourth-order valence-corrected chi connectivity index (χ4v) is 5.35. The van der Waals surface area contributed by atoms with Gasteiger partial charge in [-0.05, 0) is 68.1 Å². The maximum absolute atomic E-state index is 10.3. The summed E-state index contributed by atoms with van der Waals surface area (Å²) in [5.41, 5.74) is 1.50. The fourth-order valence-electron chi connectivity index (χ4n) is 5.35. The molecule has 1 nitrogen and oxygen atoms in total. The molecule has 0 heterocycles. The number of hydrogen-bond acceptors (Lipinski definition) is 1. The Kier molecular flexibility index (Phi) is 4.46. The van der Waals surface area contributed by atoms with Crippen LogP contribution < -0.4 is 0 Å². The van der Waals surface area contributed by atoms with Crippen LogP contribution in [0.3, 0.4) is 0 Å². The molecule has 120 valence electrons. The number of allylic oxidation sites excluding steroid dienone is 1. The molecule has 4 atom stereocenters. The van der Waals surface area contributed by atoms with Crippen LogP contribution in [0.15, 0.2) is 24.8 Å². The molecule has 0 amide bonds. The van der Waals surface area contributed by atoms with E-state index in [4.69, 9.17) is 0 Å². The summed E-state index contributed by atoms with van der Waals surface area (Å²) >= 11 is 0. The van der Waals surface area contributed by atoms with Gasteiger partial charge in [0, 0.05) is 0 Å². The molecule has 0 aromatic rings. The second-order valence-electron chi connectivity index (χ2n) is 8.75. The zero-order valence-electron chi connectivity index (χ0n) is 14.5.